The van der Waals surface area contributed by atoms with E-state index in [9.17, 15) is 18.0 Å². The quantitative estimate of drug-likeness (QED) is 0.746. The number of hydrogen-bond donors (Lipinski definition) is 2. The number of aryl methyl sites for hydroxylation is 1. The molecule has 2 aromatic rings. The molecule has 0 bridgehead atoms. The van der Waals surface area contributed by atoms with Crippen LogP contribution in [-0.4, -0.2) is 44.2 Å². The highest BCUT2D eigenvalue weighted by Gasteiger charge is 2.38. The van der Waals surface area contributed by atoms with Crippen LogP contribution in [0.1, 0.15) is 40.1 Å². The molecule has 7 nitrogen and oxygen atoms in total. The summed E-state index contributed by atoms with van der Waals surface area (Å²) >= 11 is 2.47. The van der Waals surface area contributed by atoms with Gasteiger partial charge in [-0.05, 0) is 43.7 Å². The predicted molar refractivity (Wildman–Crippen MR) is 112 cm³/mol. The number of anilines is 1. The van der Waals surface area contributed by atoms with Crippen LogP contribution >= 0.6 is 22.7 Å². The van der Waals surface area contributed by atoms with Crippen molar-refractivity contribution in [2.24, 2.45) is 0 Å². The van der Waals surface area contributed by atoms with Gasteiger partial charge in [0.15, 0.2) is 0 Å². The van der Waals surface area contributed by atoms with Crippen molar-refractivity contribution in [3.05, 3.63) is 33.5 Å². The zero-order valence-electron chi connectivity index (χ0n) is 15.9. The number of sulfonamides is 1. The number of hydrogen-bond acceptors (Lipinski definition) is 6. The molecular weight excluding hydrogens is 418 g/mol. The van der Waals surface area contributed by atoms with E-state index in [2.05, 4.69) is 10.6 Å². The largest absolute Gasteiger partial charge is 0.355 e. The minimum Gasteiger partial charge on any atom is -0.355 e. The zero-order valence-corrected chi connectivity index (χ0v) is 18.4. The molecule has 2 N–H and O–H groups in total. The molecule has 3 heterocycles. The molecule has 28 heavy (non-hydrogen) atoms. The van der Waals surface area contributed by atoms with Gasteiger partial charge in [0.25, 0.3) is 15.9 Å². The van der Waals surface area contributed by atoms with Gasteiger partial charge < -0.3 is 10.6 Å². The first kappa shape index (κ1) is 21.0. The van der Waals surface area contributed by atoms with E-state index in [-0.39, 0.29) is 10.1 Å². The molecule has 0 spiro atoms. The van der Waals surface area contributed by atoms with Gasteiger partial charge in [0.1, 0.15) is 15.3 Å². The third-order valence-corrected chi connectivity index (χ3v) is 9.29. The predicted octanol–water partition coefficient (Wildman–Crippen LogP) is 2.97. The Morgan fingerprint density at radius 2 is 2.00 bits per heavy atom. The minimum absolute atomic E-state index is 0.237. The number of nitrogens with one attached hydrogen (secondary N) is 2. The van der Waals surface area contributed by atoms with Crippen LogP contribution in [0, 0.1) is 13.8 Å². The van der Waals surface area contributed by atoms with E-state index in [0.29, 0.717) is 23.5 Å². The average Bonchev–Trinajstić information content (AvgIpc) is 3.31. The van der Waals surface area contributed by atoms with E-state index in [1.807, 2.05) is 13.8 Å². The van der Waals surface area contributed by atoms with E-state index in [0.717, 1.165) is 34.6 Å². The molecule has 0 aliphatic carbocycles. The fraction of sp³-hybridized carbons (Fsp3) is 0.444. The van der Waals surface area contributed by atoms with Gasteiger partial charge in [-0.15, -0.1) is 22.7 Å². The van der Waals surface area contributed by atoms with Gasteiger partial charge >= 0.3 is 0 Å². The number of rotatable bonds is 5. The van der Waals surface area contributed by atoms with Gasteiger partial charge in [-0.3, -0.25) is 9.59 Å². The summed E-state index contributed by atoms with van der Waals surface area (Å²) in [5.41, 5.74) is 1.24. The second-order valence-electron chi connectivity index (χ2n) is 6.62. The lowest BCUT2D eigenvalue weighted by atomic mass is 10.0. The Morgan fingerprint density at radius 3 is 2.64 bits per heavy atom. The number of carbonyl (C=O) groups is 2. The number of piperidine rings is 1. The molecule has 1 fully saturated rings. The molecule has 152 valence electrons. The summed E-state index contributed by atoms with van der Waals surface area (Å²) in [4.78, 5) is 26.2. The molecular formula is C18H23N3O4S3. The maximum absolute atomic E-state index is 13.0. The summed E-state index contributed by atoms with van der Waals surface area (Å²) in [6, 6.07) is 2.45. The summed E-state index contributed by atoms with van der Waals surface area (Å²) in [5.74, 6) is -0.671. The van der Waals surface area contributed by atoms with Crippen LogP contribution in [0.5, 0.6) is 0 Å². The lowest BCUT2D eigenvalue weighted by Crippen LogP contribution is -2.49. The Morgan fingerprint density at radius 1 is 1.25 bits per heavy atom. The first-order valence-electron chi connectivity index (χ1n) is 8.95. The molecule has 0 aromatic carbocycles. The molecule has 0 radical (unpaired) electrons. The topological polar surface area (TPSA) is 95.6 Å². The van der Waals surface area contributed by atoms with Crippen LogP contribution in [0.25, 0.3) is 0 Å². The van der Waals surface area contributed by atoms with Crippen molar-refractivity contribution in [1.82, 2.24) is 9.62 Å². The van der Waals surface area contributed by atoms with Gasteiger partial charge in [-0.25, -0.2) is 8.42 Å². The van der Waals surface area contributed by atoms with Crippen LogP contribution in [0.4, 0.5) is 5.00 Å². The zero-order chi connectivity index (χ0) is 20.5. The summed E-state index contributed by atoms with van der Waals surface area (Å²) in [6.07, 6.45) is 1.95. The smallest absolute Gasteiger partial charge is 0.254 e. The lowest BCUT2D eigenvalue weighted by Gasteiger charge is -2.33. The number of nitrogens with zero attached hydrogens (tertiary/aromatic N) is 1. The fourth-order valence-corrected chi connectivity index (χ4v) is 7.13. The van der Waals surface area contributed by atoms with E-state index >= 15 is 0 Å². The van der Waals surface area contributed by atoms with Crippen molar-refractivity contribution < 1.29 is 18.0 Å². The SMILES string of the molecule is CNC(=O)c1c(NC(=O)C2CCCCN2S(=O)(=O)c2cccs2)sc(C)c1C. The van der Waals surface area contributed by atoms with Gasteiger partial charge in [0, 0.05) is 18.5 Å². The molecule has 1 saturated heterocycles. The molecule has 1 unspecified atom stereocenters. The Kier molecular flexibility index (Phi) is 6.23. The summed E-state index contributed by atoms with van der Waals surface area (Å²) in [6.45, 7) is 4.03. The molecule has 1 atom stereocenters. The van der Waals surface area contributed by atoms with Crippen LogP contribution < -0.4 is 10.6 Å². The summed E-state index contributed by atoms with van der Waals surface area (Å²) < 4.78 is 27.5. The van der Waals surface area contributed by atoms with Crippen LogP contribution in [-0.2, 0) is 14.8 Å². The standard InChI is InChI=1S/C18H23N3O4S3/c1-11-12(2)27-18(15(11)17(23)19-3)20-16(22)13-7-4-5-9-21(13)28(24,25)14-8-6-10-26-14/h6,8,10,13H,4-5,7,9H2,1-3H3,(H,19,23)(H,20,22). The van der Waals surface area contributed by atoms with Crippen molar-refractivity contribution in [3.8, 4) is 0 Å². The normalized spacial score (nSPS) is 18.0. The van der Waals surface area contributed by atoms with Gasteiger partial charge in [0.2, 0.25) is 5.91 Å². The van der Waals surface area contributed by atoms with Gasteiger partial charge in [0.05, 0.1) is 5.56 Å². The van der Waals surface area contributed by atoms with Gasteiger partial charge in [-0.1, -0.05) is 12.5 Å². The number of carbonyl (C=O) groups excluding carboxylic acids is 2. The van der Waals surface area contributed by atoms with E-state index in [1.165, 1.54) is 22.7 Å². The van der Waals surface area contributed by atoms with Crippen LogP contribution in [0.2, 0.25) is 0 Å². The highest BCUT2D eigenvalue weighted by Crippen LogP contribution is 2.34. The van der Waals surface area contributed by atoms with E-state index < -0.39 is 22.0 Å². The molecule has 0 saturated carbocycles. The fourth-order valence-electron chi connectivity index (χ4n) is 3.29. The second kappa shape index (κ2) is 8.32. The van der Waals surface area contributed by atoms with Crippen molar-refractivity contribution >= 4 is 49.5 Å². The van der Waals surface area contributed by atoms with E-state index in [4.69, 9.17) is 0 Å². The minimum atomic E-state index is -3.72. The highest BCUT2D eigenvalue weighted by atomic mass is 32.2. The third kappa shape index (κ3) is 3.86. The summed E-state index contributed by atoms with van der Waals surface area (Å²) in [5, 5.41) is 7.58. The first-order valence-corrected chi connectivity index (χ1v) is 12.1. The molecule has 3 rings (SSSR count). The van der Waals surface area contributed by atoms with Crippen LogP contribution in [0.15, 0.2) is 21.7 Å². The Labute approximate surface area is 172 Å². The van der Waals surface area contributed by atoms with E-state index in [1.54, 1.807) is 17.5 Å². The monoisotopic (exact) mass is 441 g/mol. The molecule has 2 aromatic heterocycles. The van der Waals surface area contributed by atoms with Crippen LogP contribution in [0.3, 0.4) is 0 Å². The average molecular weight is 442 g/mol. The molecule has 1 aliphatic heterocycles. The third-order valence-electron chi connectivity index (χ3n) is 4.89. The Balaban J connectivity index is 1.89. The highest BCUT2D eigenvalue weighted by molar-refractivity contribution is 7.91. The molecule has 1 aliphatic rings. The maximum atomic E-state index is 13.0. The van der Waals surface area contributed by atoms with Crippen molar-refractivity contribution in [3.63, 3.8) is 0 Å². The summed E-state index contributed by atoms with van der Waals surface area (Å²) in [7, 11) is -2.19. The Hall–Kier alpha value is -1.75. The van der Waals surface area contributed by atoms with Gasteiger partial charge in [-0.2, -0.15) is 4.31 Å². The maximum Gasteiger partial charge on any atom is 0.254 e. The lowest BCUT2D eigenvalue weighted by molar-refractivity contribution is -0.120. The molecule has 10 heteroatoms. The van der Waals surface area contributed by atoms with Crippen molar-refractivity contribution in [2.45, 2.75) is 43.4 Å². The first-order chi connectivity index (χ1) is 13.3. The molecule has 2 amide bonds. The number of thiophene rings is 2. The second-order valence-corrected chi connectivity index (χ2v) is 10.9. The van der Waals surface area contributed by atoms with Crippen molar-refractivity contribution in [1.29, 1.82) is 0 Å². The van der Waals surface area contributed by atoms with Crippen molar-refractivity contribution in [2.75, 3.05) is 18.9 Å². The Bertz CT molecular complexity index is 980. The number of amides is 2.